The maximum Gasteiger partial charge on any atom is 0.260 e. The van der Waals surface area contributed by atoms with Crippen LogP contribution in [0.15, 0.2) is 142 Å². The molecule has 3 aliphatic heterocycles. The summed E-state index contributed by atoms with van der Waals surface area (Å²) in [6.45, 7) is 1.33. The fourth-order valence-electron chi connectivity index (χ4n) is 8.62. The molecule has 0 aromatic heterocycles. The third-order valence-electron chi connectivity index (χ3n) is 13.1. The molecule has 6 unspecified atom stereocenters. The second-order valence-corrected chi connectivity index (χ2v) is 23.8. The van der Waals surface area contributed by atoms with Gasteiger partial charge in [0, 0.05) is 61.2 Å². The van der Waals surface area contributed by atoms with Gasteiger partial charge < -0.3 is 44.2 Å². The first-order valence-corrected chi connectivity index (χ1v) is 28.9. The van der Waals surface area contributed by atoms with E-state index < -0.39 is 72.6 Å². The number of nitrogens with zero attached hydrogens (tertiary/aromatic N) is 3. The highest BCUT2D eigenvalue weighted by Gasteiger charge is 2.34. The van der Waals surface area contributed by atoms with Crippen molar-refractivity contribution in [3.8, 4) is 17.2 Å². The van der Waals surface area contributed by atoms with Crippen LogP contribution < -0.4 is 14.2 Å². The molecule has 6 atom stereocenters. The number of aliphatic hydroxyl groups excluding tert-OH is 3. The molecular formula is C57H57F6N3O12S3. The van der Waals surface area contributed by atoms with Crippen LogP contribution in [0.5, 0.6) is 17.2 Å². The molecule has 6 aromatic rings. The molecule has 3 aliphatic rings. The van der Waals surface area contributed by atoms with Crippen molar-refractivity contribution in [3.63, 3.8) is 0 Å². The summed E-state index contributed by atoms with van der Waals surface area (Å²) in [5.74, 6) is -4.32. The fourth-order valence-corrected chi connectivity index (χ4v) is 13.0. The normalized spacial score (nSPS) is 17.7. The Hall–Kier alpha value is -6.96. The van der Waals surface area contributed by atoms with E-state index in [1.807, 2.05) is 0 Å². The number of likely N-dealkylation sites (tertiary alicyclic amines) is 3. The van der Waals surface area contributed by atoms with Gasteiger partial charge in [-0.1, -0.05) is 36.4 Å². The van der Waals surface area contributed by atoms with Crippen molar-refractivity contribution in [3.05, 3.63) is 179 Å². The number of halogens is 6. The molecule has 81 heavy (non-hydrogen) atoms. The number of amides is 3. The largest absolute Gasteiger partial charge is 0.484 e. The molecule has 3 N–H and O–H groups in total. The van der Waals surface area contributed by atoms with Gasteiger partial charge in [0.15, 0.2) is 31.5 Å². The van der Waals surface area contributed by atoms with Crippen molar-refractivity contribution >= 4 is 50.1 Å². The standard InChI is InChI=1S/3C19H19F2NO4S/c20-14-3-6-18(17(21)9-14)27(25)16-7-8-22(10-16)19(24)12-26-15-4-1-13(11-23)2-5-15;20-14-7-15(21)9-18(8-14)27(25)17-5-6-22(10-17)19(24)12-26-16-3-1-13(11-23)2-4-16;20-17-6-5-15(9-18(17)21)27(25)16-7-8-22(10-16)19(24)12-26-14-3-1-13(11-23)2-4-14/h1-6,9,16,23H,7-8,10-12H2;1-4,7-9,17,23H,5-6,10-12H2;1-6,9,16,23H,7-8,10-12H2. The number of rotatable bonds is 18. The summed E-state index contributed by atoms with van der Waals surface area (Å²) >= 11 is 0. The fraction of sp³-hybridized carbons (Fsp3) is 0.316. The van der Waals surface area contributed by atoms with Gasteiger partial charge in [-0.25, -0.2) is 26.3 Å². The minimum atomic E-state index is -1.66. The first-order chi connectivity index (χ1) is 38.9. The summed E-state index contributed by atoms with van der Waals surface area (Å²) in [5.41, 5.74) is 2.23. The molecule has 0 radical (unpaired) electrons. The van der Waals surface area contributed by atoms with Crippen LogP contribution in [0.2, 0.25) is 0 Å². The summed E-state index contributed by atoms with van der Waals surface area (Å²) in [6.07, 6.45) is 1.48. The van der Waals surface area contributed by atoms with Gasteiger partial charge in [-0.05, 0) is 115 Å². The molecule has 0 saturated carbocycles. The van der Waals surface area contributed by atoms with Crippen molar-refractivity contribution in [1.82, 2.24) is 14.7 Å². The number of hydrogen-bond donors (Lipinski definition) is 3. The van der Waals surface area contributed by atoms with Crippen LogP contribution in [0.25, 0.3) is 0 Å². The van der Waals surface area contributed by atoms with Gasteiger partial charge in [0.25, 0.3) is 17.7 Å². The Bertz CT molecular complexity index is 3180. The molecule has 9 rings (SSSR count). The monoisotopic (exact) mass is 1190 g/mol. The Kier molecular flexibility index (Phi) is 22.6. The summed E-state index contributed by atoms with van der Waals surface area (Å²) in [6, 6.07) is 29.2. The SMILES string of the molecule is O=C(COc1ccc(CO)cc1)N1CCC(S(=O)c2cc(F)cc(F)c2)C1.O=C(COc1ccc(CO)cc1)N1CCC(S(=O)c2ccc(F)c(F)c2)C1.O=C(COc1ccc(CO)cc1)N1CCC(S(=O)c2ccc(F)cc2F)C1. The average molecular weight is 1190 g/mol. The van der Waals surface area contributed by atoms with E-state index in [1.165, 1.54) is 17.0 Å². The molecule has 3 heterocycles. The molecule has 3 amide bonds. The maximum atomic E-state index is 13.8. The number of ether oxygens (including phenoxy) is 3. The molecule has 0 spiro atoms. The van der Waals surface area contributed by atoms with E-state index >= 15 is 0 Å². The van der Waals surface area contributed by atoms with Gasteiger partial charge >= 0.3 is 0 Å². The van der Waals surface area contributed by atoms with Crippen LogP contribution in [0, 0.1) is 34.9 Å². The third-order valence-corrected chi connectivity index (χ3v) is 18.3. The number of carbonyl (C=O) groups is 3. The van der Waals surface area contributed by atoms with Gasteiger partial charge in [-0.2, -0.15) is 0 Å². The second-order valence-electron chi connectivity index (χ2n) is 18.7. The zero-order valence-electron chi connectivity index (χ0n) is 43.3. The van der Waals surface area contributed by atoms with Crippen molar-refractivity contribution in [1.29, 1.82) is 0 Å². The maximum absolute atomic E-state index is 13.8. The quantitative estimate of drug-likeness (QED) is 0.0768. The van der Waals surface area contributed by atoms with E-state index in [0.717, 1.165) is 53.1 Å². The van der Waals surface area contributed by atoms with Gasteiger partial charge in [0.05, 0.1) is 72.9 Å². The van der Waals surface area contributed by atoms with Crippen LogP contribution in [0.4, 0.5) is 26.3 Å². The zero-order chi connectivity index (χ0) is 58.2. The predicted octanol–water partition coefficient (Wildman–Crippen LogP) is 6.73. The average Bonchev–Trinajstić information content (AvgIpc) is 4.42. The second kappa shape index (κ2) is 29.7. The van der Waals surface area contributed by atoms with E-state index in [2.05, 4.69) is 0 Å². The summed E-state index contributed by atoms with van der Waals surface area (Å²) in [7, 11) is -4.78. The Balaban J connectivity index is 0.000000175. The molecule has 6 aromatic carbocycles. The van der Waals surface area contributed by atoms with Crippen molar-refractivity contribution < 1.29 is 82.9 Å². The Morgan fingerprint density at radius 1 is 0.420 bits per heavy atom. The van der Waals surface area contributed by atoms with Gasteiger partial charge in [-0.15, -0.1) is 0 Å². The van der Waals surface area contributed by atoms with E-state index in [1.54, 1.807) is 82.6 Å². The number of aliphatic hydroxyl groups is 3. The highest BCUT2D eigenvalue weighted by molar-refractivity contribution is 7.86. The van der Waals surface area contributed by atoms with E-state index in [4.69, 9.17) is 29.5 Å². The van der Waals surface area contributed by atoms with Crippen LogP contribution in [0.3, 0.4) is 0 Å². The lowest BCUT2D eigenvalue weighted by atomic mass is 10.2. The van der Waals surface area contributed by atoms with Gasteiger partial charge in [0.2, 0.25) is 0 Å². The van der Waals surface area contributed by atoms with Crippen molar-refractivity contribution in [2.45, 2.75) is 69.5 Å². The van der Waals surface area contributed by atoms with Crippen LogP contribution in [-0.4, -0.2) is 135 Å². The smallest absolute Gasteiger partial charge is 0.260 e. The Morgan fingerprint density at radius 3 is 1.17 bits per heavy atom. The molecule has 0 bridgehead atoms. The first-order valence-electron chi connectivity index (χ1n) is 25.3. The highest BCUT2D eigenvalue weighted by atomic mass is 32.2. The molecular weight excluding hydrogens is 1130 g/mol. The van der Waals surface area contributed by atoms with Gasteiger partial charge in [0.1, 0.15) is 40.5 Å². The third kappa shape index (κ3) is 17.5. The number of benzene rings is 6. The van der Waals surface area contributed by atoms with E-state index in [0.29, 0.717) is 62.2 Å². The van der Waals surface area contributed by atoms with Gasteiger partial charge in [-0.3, -0.25) is 27.0 Å². The lowest BCUT2D eigenvalue weighted by Gasteiger charge is -2.17. The highest BCUT2D eigenvalue weighted by Crippen LogP contribution is 2.27. The lowest BCUT2D eigenvalue weighted by molar-refractivity contribution is -0.133. The van der Waals surface area contributed by atoms with Crippen LogP contribution >= 0.6 is 0 Å². The molecule has 15 nitrogen and oxygen atoms in total. The molecule has 3 fully saturated rings. The number of carbonyl (C=O) groups excluding carboxylic acids is 3. The Morgan fingerprint density at radius 2 is 0.802 bits per heavy atom. The Labute approximate surface area is 470 Å². The minimum absolute atomic E-state index is 0.0454. The van der Waals surface area contributed by atoms with E-state index in [-0.39, 0.29) is 102 Å². The lowest BCUT2D eigenvalue weighted by Crippen LogP contribution is -2.34. The zero-order valence-corrected chi connectivity index (χ0v) is 45.8. The van der Waals surface area contributed by atoms with E-state index in [9.17, 15) is 53.4 Å². The van der Waals surface area contributed by atoms with Crippen LogP contribution in [-0.2, 0) is 66.6 Å². The first kappa shape index (κ1) is 61.7. The van der Waals surface area contributed by atoms with Crippen molar-refractivity contribution in [2.24, 2.45) is 0 Å². The summed E-state index contributed by atoms with van der Waals surface area (Å²) < 4.78 is 134. The summed E-state index contributed by atoms with van der Waals surface area (Å²) in [4.78, 5) is 41.8. The predicted molar refractivity (Wildman–Crippen MR) is 287 cm³/mol. The molecule has 0 aliphatic carbocycles. The molecule has 432 valence electrons. The van der Waals surface area contributed by atoms with Crippen LogP contribution in [0.1, 0.15) is 36.0 Å². The van der Waals surface area contributed by atoms with Crippen molar-refractivity contribution in [2.75, 3.05) is 59.1 Å². The molecule has 3 saturated heterocycles. The number of hydrogen-bond acceptors (Lipinski definition) is 12. The summed E-state index contributed by atoms with van der Waals surface area (Å²) in [5, 5.41) is 25.9. The topological polar surface area (TPSA) is 201 Å². The minimum Gasteiger partial charge on any atom is -0.484 e. The molecule has 24 heteroatoms.